The van der Waals surface area contributed by atoms with Gasteiger partial charge in [0.15, 0.2) is 5.96 Å². The molecule has 0 aliphatic heterocycles. The van der Waals surface area contributed by atoms with Crippen molar-refractivity contribution >= 4 is 29.9 Å². The maximum Gasteiger partial charge on any atom is 0.192 e. The summed E-state index contributed by atoms with van der Waals surface area (Å²) in [6, 6.07) is 4.73. The Morgan fingerprint density at radius 3 is 2.68 bits per heavy atom. The second kappa shape index (κ2) is 7.77. The first-order valence-electron chi connectivity index (χ1n) is 6.83. The molecule has 0 bridgehead atoms. The summed E-state index contributed by atoms with van der Waals surface area (Å²) < 4.78 is 5.62. The monoisotopic (exact) mass is 377 g/mol. The van der Waals surface area contributed by atoms with Gasteiger partial charge in [-0.1, -0.05) is 0 Å². The zero-order valence-corrected chi connectivity index (χ0v) is 14.2. The SMILES string of the molecule is CCN=C(NC1CCC1)NC(C)c1ccc(C)o1.I. The van der Waals surface area contributed by atoms with Gasteiger partial charge in [-0.2, -0.15) is 0 Å². The van der Waals surface area contributed by atoms with Crippen molar-refractivity contribution in [3.63, 3.8) is 0 Å². The second-order valence-corrected chi connectivity index (χ2v) is 4.91. The van der Waals surface area contributed by atoms with Crippen LogP contribution in [0.2, 0.25) is 0 Å². The van der Waals surface area contributed by atoms with Crippen molar-refractivity contribution in [3.05, 3.63) is 23.7 Å². The standard InChI is InChI=1S/C14H23N3O.HI/c1-4-15-14(17-12-6-5-7-12)16-11(3)13-9-8-10(2)18-13;/h8-9,11-12H,4-7H2,1-3H3,(H2,15,16,17);1H. The van der Waals surface area contributed by atoms with Gasteiger partial charge < -0.3 is 15.1 Å². The molecule has 0 spiro atoms. The highest BCUT2D eigenvalue weighted by molar-refractivity contribution is 14.0. The third kappa shape index (κ3) is 4.71. The van der Waals surface area contributed by atoms with E-state index in [0.717, 1.165) is 24.0 Å². The van der Waals surface area contributed by atoms with Crippen molar-refractivity contribution in [1.29, 1.82) is 0 Å². The van der Waals surface area contributed by atoms with Crippen LogP contribution < -0.4 is 10.6 Å². The van der Waals surface area contributed by atoms with Gasteiger partial charge in [0.05, 0.1) is 6.04 Å². The van der Waals surface area contributed by atoms with Gasteiger partial charge >= 0.3 is 0 Å². The minimum absolute atomic E-state index is 0. The van der Waals surface area contributed by atoms with E-state index in [1.54, 1.807) is 0 Å². The Bertz CT molecular complexity index is 413. The van der Waals surface area contributed by atoms with Crippen molar-refractivity contribution in [2.24, 2.45) is 4.99 Å². The zero-order chi connectivity index (χ0) is 13.0. The molecular formula is C14H24IN3O. The van der Waals surface area contributed by atoms with E-state index in [0.29, 0.717) is 6.04 Å². The van der Waals surface area contributed by atoms with Crippen LogP contribution in [0.3, 0.4) is 0 Å². The van der Waals surface area contributed by atoms with Gasteiger partial charge in [-0.05, 0) is 52.2 Å². The van der Waals surface area contributed by atoms with Gasteiger partial charge in [0.1, 0.15) is 11.5 Å². The molecule has 0 saturated heterocycles. The van der Waals surface area contributed by atoms with Crippen LogP contribution in [-0.2, 0) is 0 Å². The average Bonchev–Trinajstić information content (AvgIpc) is 2.70. The van der Waals surface area contributed by atoms with E-state index in [4.69, 9.17) is 4.42 Å². The molecule has 1 aliphatic rings. The van der Waals surface area contributed by atoms with Crippen LogP contribution in [0.5, 0.6) is 0 Å². The Labute approximate surface area is 132 Å². The molecule has 4 nitrogen and oxygen atoms in total. The van der Waals surface area contributed by atoms with Gasteiger partial charge in [-0.15, -0.1) is 24.0 Å². The topological polar surface area (TPSA) is 49.6 Å². The minimum Gasteiger partial charge on any atom is -0.464 e. The van der Waals surface area contributed by atoms with E-state index in [2.05, 4.69) is 22.5 Å². The molecule has 1 unspecified atom stereocenters. The van der Waals surface area contributed by atoms with Crippen LogP contribution in [0.15, 0.2) is 21.5 Å². The number of guanidine groups is 1. The molecule has 2 N–H and O–H groups in total. The summed E-state index contributed by atoms with van der Waals surface area (Å²) in [4.78, 5) is 4.47. The lowest BCUT2D eigenvalue weighted by Crippen LogP contribution is -2.47. The summed E-state index contributed by atoms with van der Waals surface area (Å²) in [5.41, 5.74) is 0. The van der Waals surface area contributed by atoms with E-state index in [1.165, 1.54) is 19.3 Å². The molecule has 0 radical (unpaired) electrons. The summed E-state index contributed by atoms with van der Waals surface area (Å²) in [5.74, 6) is 2.79. The van der Waals surface area contributed by atoms with Gasteiger partial charge in [0.2, 0.25) is 0 Å². The summed E-state index contributed by atoms with van der Waals surface area (Å²) in [6.07, 6.45) is 3.82. The van der Waals surface area contributed by atoms with Crippen molar-refractivity contribution in [2.75, 3.05) is 6.54 Å². The van der Waals surface area contributed by atoms with Crippen LogP contribution in [0.4, 0.5) is 0 Å². The highest BCUT2D eigenvalue weighted by Gasteiger charge is 2.19. The predicted molar refractivity (Wildman–Crippen MR) is 89.2 cm³/mol. The number of aliphatic imine (C=N–C) groups is 1. The Balaban J connectivity index is 0.00000180. The smallest absolute Gasteiger partial charge is 0.192 e. The molecule has 1 saturated carbocycles. The summed E-state index contributed by atoms with van der Waals surface area (Å²) in [7, 11) is 0. The van der Waals surface area contributed by atoms with Crippen LogP contribution in [0.25, 0.3) is 0 Å². The van der Waals surface area contributed by atoms with Crippen molar-refractivity contribution in [3.8, 4) is 0 Å². The highest BCUT2D eigenvalue weighted by atomic mass is 127. The lowest BCUT2D eigenvalue weighted by Gasteiger charge is -2.29. The third-order valence-corrected chi connectivity index (χ3v) is 3.30. The van der Waals surface area contributed by atoms with Crippen molar-refractivity contribution in [2.45, 2.75) is 52.1 Å². The highest BCUT2D eigenvalue weighted by Crippen LogP contribution is 2.19. The van der Waals surface area contributed by atoms with Crippen LogP contribution >= 0.6 is 24.0 Å². The summed E-state index contributed by atoms with van der Waals surface area (Å²) in [6.45, 7) is 6.88. The molecule has 1 aromatic heterocycles. The molecule has 108 valence electrons. The molecule has 19 heavy (non-hydrogen) atoms. The first kappa shape index (κ1) is 16.3. The lowest BCUT2D eigenvalue weighted by molar-refractivity contribution is 0.375. The number of nitrogens with zero attached hydrogens (tertiary/aromatic N) is 1. The van der Waals surface area contributed by atoms with Crippen LogP contribution in [0, 0.1) is 6.92 Å². The van der Waals surface area contributed by atoms with Crippen molar-refractivity contribution < 1.29 is 4.42 Å². The first-order chi connectivity index (χ1) is 8.69. The molecule has 5 heteroatoms. The molecule has 1 atom stereocenters. The van der Waals surface area contributed by atoms with Gasteiger partial charge in [-0.25, -0.2) is 0 Å². The number of hydrogen-bond acceptors (Lipinski definition) is 2. The molecule has 1 heterocycles. The predicted octanol–water partition coefficient (Wildman–Crippen LogP) is 3.37. The molecule has 1 fully saturated rings. The maximum atomic E-state index is 5.62. The molecule has 0 aromatic carbocycles. The first-order valence-corrected chi connectivity index (χ1v) is 6.83. The Morgan fingerprint density at radius 1 is 1.47 bits per heavy atom. The van der Waals surface area contributed by atoms with Crippen molar-refractivity contribution in [1.82, 2.24) is 10.6 Å². The molecule has 1 aliphatic carbocycles. The number of nitrogens with one attached hydrogen (secondary N) is 2. The quantitative estimate of drug-likeness (QED) is 0.481. The molecule has 2 rings (SSSR count). The van der Waals surface area contributed by atoms with E-state index in [1.807, 2.05) is 26.0 Å². The Kier molecular flexibility index (Phi) is 6.68. The average molecular weight is 377 g/mol. The minimum atomic E-state index is 0. The maximum absolute atomic E-state index is 5.62. The van der Waals surface area contributed by atoms with Gasteiger partial charge in [0, 0.05) is 12.6 Å². The zero-order valence-electron chi connectivity index (χ0n) is 11.9. The van der Waals surface area contributed by atoms with Crippen LogP contribution in [0.1, 0.15) is 50.7 Å². The Hall–Kier alpha value is -0.720. The third-order valence-electron chi connectivity index (χ3n) is 3.30. The fourth-order valence-corrected chi connectivity index (χ4v) is 2.00. The number of rotatable bonds is 4. The van der Waals surface area contributed by atoms with Gasteiger partial charge in [0.25, 0.3) is 0 Å². The summed E-state index contributed by atoms with van der Waals surface area (Å²) in [5, 5.41) is 6.85. The Morgan fingerprint density at radius 2 is 2.21 bits per heavy atom. The lowest BCUT2D eigenvalue weighted by atomic mass is 9.93. The number of hydrogen-bond donors (Lipinski definition) is 2. The molecule has 1 aromatic rings. The summed E-state index contributed by atoms with van der Waals surface area (Å²) >= 11 is 0. The van der Waals surface area contributed by atoms with Crippen LogP contribution in [-0.4, -0.2) is 18.5 Å². The van der Waals surface area contributed by atoms with Gasteiger partial charge in [-0.3, -0.25) is 4.99 Å². The fraction of sp³-hybridized carbons (Fsp3) is 0.643. The van der Waals surface area contributed by atoms with E-state index in [9.17, 15) is 0 Å². The number of aryl methyl sites for hydroxylation is 1. The van der Waals surface area contributed by atoms with E-state index in [-0.39, 0.29) is 30.0 Å². The number of furan rings is 1. The molecule has 0 amide bonds. The fourth-order valence-electron chi connectivity index (χ4n) is 2.00. The largest absolute Gasteiger partial charge is 0.464 e. The van der Waals surface area contributed by atoms with E-state index >= 15 is 0 Å². The molecular weight excluding hydrogens is 353 g/mol. The van der Waals surface area contributed by atoms with E-state index < -0.39 is 0 Å². The normalized spacial score (nSPS) is 17.3. The number of halogens is 1. The second-order valence-electron chi connectivity index (χ2n) is 4.91.